The minimum absolute atomic E-state index is 0.0188. The van der Waals surface area contributed by atoms with Crippen LogP contribution in [0.25, 0.3) is 10.9 Å². The lowest BCUT2D eigenvalue weighted by atomic mass is 9.64. The molecule has 0 bridgehead atoms. The third-order valence-corrected chi connectivity index (χ3v) is 6.29. The summed E-state index contributed by atoms with van der Waals surface area (Å²) in [5.41, 5.74) is 1.55. The Bertz CT molecular complexity index is 1160. The molecule has 2 N–H and O–H groups in total. The lowest BCUT2D eigenvalue weighted by molar-refractivity contribution is -0.163. The van der Waals surface area contributed by atoms with Crippen LogP contribution in [-0.2, 0) is 25.5 Å². The summed E-state index contributed by atoms with van der Waals surface area (Å²) in [6.45, 7) is 7.22. The molecule has 0 saturated carbocycles. The van der Waals surface area contributed by atoms with Gasteiger partial charge in [0, 0.05) is 41.4 Å². The van der Waals surface area contributed by atoms with Crippen molar-refractivity contribution in [1.29, 1.82) is 0 Å². The van der Waals surface area contributed by atoms with E-state index in [0.29, 0.717) is 17.6 Å². The van der Waals surface area contributed by atoms with Gasteiger partial charge in [0.1, 0.15) is 0 Å². The number of rotatable bonds is 8. The highest BCUT2D eigenvalue weighted by Gasteiger charge is 2.51. The minimum atomic E-state index is -1.13. The average Bonchev–Trinajstić information content (AvgIpc) is 3.12. The highest BCUT2D eigenvalue weighted by molar-refractivity contribution is 5.93. The summed E-state index contributed by atoms with van der Waals surface area (Å²) >= 11 is 0. The highest BCUT2D eigenvalue weighted by atomic mass is 16.6. The molecule has 0 amide bonds. The molecule has 1 unspecified atom stereocenters. The van der Waals surface area contributed by atoms with Crippen LogP contribution in [0.1, 0.15) is 52.5 Å². The number of carbonyl (C=O) groups is 3. The molecule has 6 nitrogen and oxygen atoms in total. The Labute approximate surface area is 194 Å². The molecule has 1 aliphatic rings. The Morgan fingerprint density at radius 3 is 2.67 bits per heavy atom. The number of fused-ring (bicyclic) bond motifs is 1. The number of carboxylic acids is 1. The summed E-state index contributed by atoms with van der Waals surface area (Å²) < 4.78 is 6.09. The largest absolute Gasteiger partial charge is 0.478 e. The number of nitrogens with one attached hydrogen (secondary N) is 1. The molecule has 1 aromatic heterocycles. The Morgan fingerprint density at radius 2 is 1.97 bits per heavy atom. The van der Waals surface area contributed by atoms with E-state index in [9.17, 15) is 14.4 Å². The van der Waals surface area contributed by atoms with Gasteiger partial charge in [-0.1, -0.05) is 38.1 Å². The van der Waals surface area contributed by atoms with Crippen LogP contribution in [0.5, 0.6) is 0 Å². The van der Waals surface area contributed by atoms with Crippen LogP contribution in [-0.4, -0.2) is 33.4 Å². The summed E-state index contributed by atoms with van der Waals surface area (Å²) in [6.07, 6.45) is 9.76. The molecule has 1 aromatic carbocycles. The fourth-order valence-electron chi connectivity index (χ4n) is 4.59. The number of aromatic nitrogens is 1. The van der Waals surface area contributed by atoms with Gasteiger partial charge in [-0.15, -0.1) is 0 Å². The molecule has 0 fully saturated rings. The first-order valence-corrected chi connectivity index (χ1v) is 11.1. The summed E-state index contributed by atoms with van der Waals surface area (Å²) in [5.74, 6) is -1.42. The van der Waals surface area contributed by atoms with Crippen LogP contribution in [0.15, 0.2) is 65.9 Å². The van der Waals surface area contributed by atoms with Gasteiger partial charge in [0.15, 0.2) is 11.4 Å². The first-order chi connectivity index (χ1) is 15.5. The molecule has 1 atom stereocenters. The summed E-state index contributed by atoms with van der Waals surface area (Å²) in [6, 6.07) is 8.05. The Kier molecular flexibility index (Phi) is 7.06. The number of hydrogen-bond acceptors (Lipinski definition) is 4. The van der Waals surface area contributed by atoms with E-state index in [0.717, 1.165) is 29.0 Å². The molecule has 1 aliphatic carbocycles. The number of esters is 1. The van der Waals surface area contributed by atoms with Crippen LogP contribution in [0.2, 0.25) is 0 Å². The SMILES string of the molecule is CC1=CC(=O)CC(C)(C)C1(C=C/C(C)=C\C(=O)O)OC(=O)CCCc1c[nH]c2ccccc12. The first-order valence-electron chi connectivity index (χ1n) is 11.1. The number of aliphatic carboxylic acids is 1. The van der Waals surface area contributed by atoms with E-state index < -0.39 is 17.0 Å². The number of ketones is 1. The third kappa shape index (κ3) is 5.33. The highest BCUT2D eigenvalue weighted by Crippen LogP contribution is 2.47. The van der Waals surface area contributed by atoms with Gasteiger partial charge >= 0.3 is 11.9 Å². The fraction of sp³-hybridized carbons (Fsp3) is 0.370. The molecule has 33 heavy (non-hydrogen) atoms. The van der Waals surface area contributed by atoms with Gasteiger partial charge in [-0.05, 0) is 61.6 Å². The molecule has 6 heteroatoms. The fourth-order valence-corrected chi connectivity index (χ4v) is 4.59. The number of ether oxygens (including phenoxy) is 1. The third-order valence-electron chi connectivity index (χ3n) is 6.29. The monoisotopic (exact) mass is 449 g/mol. The van der Waals surface area contributed by atoms with Gasteiger partial charge < -0.3 is 14.8 Å². The second-order valence-corrected chi connectivity index (χ2v) is 9.34. The normalized spacial score (nSPS) is 20.8. The Balaban J connectivity index is 1.79. The van der Waals surface area contributed by atoms with Gasteiger partial charge in [0.05, 0.1) is 0 Å². The molecular weight excluding hydrogens is 418 g/mol. The van der Waals surface area contributed by atoms with Gasteiger partial charge in [-0.2, -0.15) is 0 Å². The molecule has 1 heterocycles. The maximum atomic E-state index is 13.0. The minimum Gasteiger partial charge on any atom is -0.478 e. The van der Waals surface area contributed by atoms with E-state index in [1.54, 1.807) is 26.0 Å². The molecular formula is C27H31NO5. The zero-order valence-electron chi connectivity index (χ0n) is 19.6. The van der Waals surface area contributed by atoms with Crippen molar-refractivity contribution in [3.05, 3.63) is 71.5 Å². The number of H-pyrrole nitrogens is 1. The van der Waals surface area contributed by atoms with Crippen molar-refractivity contribution >= 4 is 28.6 Å². The number of carboxylic acid groups (broad SMARTS) is 1. The lowest BCUT2D eigenvalue weighted by Crippen LogP contribution is -2.51. The first kappa shape index (κ1) is 24.2. The van der Waals surface area contributed by atoms with E-state index in [2.05, 4.69) is 11.1 Å². The Morgan fingerprint density at radius 1 is 1.24 bits per heavy atom. The number of benzene rings is 1. The van der Waals surface area contributed by atoms with Crippen LogP contribution in [0, 0.1) is 5.41 Å². The van der Waals surface area contributed by atoms with Crippen molar-refractivity contribution in [2.24, 2.45) is 5.41 Å². The number of carbonyl (C=O) groups excluding carboxylic acids is 2. The van der Waals surface area contributed by atoms with Crippen molar-refractivity contribution in [2.75, 3.05) is 0 Å². The van der Waals surface area contributed by atoms with Gasteiger partial charge in [-0.25, -0.2) is 4.79 Å². The molecule has 0 spiro atoms. The van der Waals surface area contributed by atoms with E-state index in [-0.39, 0.29) is 24.6 Å². The summed E-state index contributed by atoms with van der Waals surface area (Å²) in [4.78, 5) is 39.4. The van der Waals surface area contributed by atoms with Gasteiger partial charge in [-0.3, -0.25) is 9.59 Å². The van der Waals surface area contributed by atoms with Crippen molar-refractivity contribution in [1.82, 2.24) is 4.98 Å². The predicted molar refractivity (Wildman–Crippen MR) is 128 cm³/mol. The van der Waals surface area contributed by atoms with E-state index in [1.807, 2.05) is 38.2 Å². The van der Waals surface area contributed by atoms with Crippen molar-refractivity contribution in [3.8, 4) is 0 Å². The lowest BCUT2D eigenvalue weighted by Gasteiger charge is -2.47. The zero-order valence-corrected chi connectivity index (χ0v) is 19.6. The predicted octanol–water partition coefficient (Wildman–Crippen LogP) is 5.31. The topological polar surface area (TPSA) is 96.5 Å². The van der Waals surface area contributed by atoms with Crippen molar-refractivity contribution in [2.45, 2.75) is 59.0 Å². The van der Waals surface area contributed by atoms with Crippen molar-refractivity contribution < 1.29 is 24.2 Å². The summed E-state index contributed by atoms with van der Waals surface area (Å²) in [7, 11) is 0. The number of aromatic amines is 1. The number of hydrogen-bond donors (Lipinski definition) is 2. The summed E-state index contributed by atoms with van der Waals surface area (Å²) in [5, 5.41) is 10.2. The maximum absolute atomic E-state index is 13.0. The second-order valence-electron chi connectivity index (χ2n) is 9.34. The van der Waals surface area contributed by atoms with Crippen LogP contribution in [0.3, 0.4) is 0 Å². The van der Waals surface area contributed by atoms with Gasteiger partial charge in [0.2, 0.25) is 0 Å². The number of aryl methyl sites for hydroxylation is 1. The molecule has 174 valence electrons. The van der Waals surface area contributed by atoms with E-state index in [1.165, 1.54) is 6.08 Å². The van der Waals surface area contributed by atoms with Gasteiger partial charge in [0.25, 0.3) is 0 Å². The number of para-hydroxylation sites is 1. The molecule has 2 aromatic rings. The quantitative estimate of drug-likeness (QED) is 0.324. The number of allylic oxidation sites excluding steroid dienone is 3. The van der Waals surface area contributed by atoms with E-state index >= 15 is 0 Å². The molecule has 0 aliphatic heterocycles. The van der Waals surface area contributed by atoms with Crippen LogP contribution >= 0.6 is 0 Å². The standard InChI is InChI=1S/C27H31NO5/c1-18(14-24(30)31)12-13-27(19(2)15-21(29)16-26(27,3)4)33-25(32)11-7-8-20-17-28-23-10-6-5-9-22(20)23/h5-6,9-10,12-15,17,28H,7-8,11,16H2,1-4H3,(H,30,31)/b13-12?,18-14-. The van der Waals surface area contributed by atoms with Crippen molar-refractivity contribution in [3.63, 3.8) is 0 Å². The molecule has 0 saturated heterocycles. The smallest absolute Gasteiger partial charge is 0.328 e. The van der Waals surface area contributed by atoms with Crippen LogP contribution < -0.4 is 0 Å². The van der Waals surface area contributed by atoms with E-state index in [4.69, 9.17) is 9.84 Å². The average molecular weight is 450 g/mol. The molecule has 0 radical (unpaired) electrons. The zero-order chi connectivity index (χ0) is 24.2. The molecule has 3 rings (SSSR count). The second kappa shape index (κ2) is 9.61. The maximum Gasteiger partial charge on any atom is 0.328 e. The Hall–Kier alpha value is -3.41. The van der Waals surface area contributed by atoms with Crippen LogP contribution in [0.4, 0.5) is 0 Å².